The first-order chi connectivity index (χ1) is 29.8. The molecule has 14 nitrogen and oxygen atoms in total. The number of hydrogen-bond donors (Lipinski definition) is 4. The molecule has 2 saturated carbocycles. The van der Waals surface area contributed by atoms with Crippen LogP contribution in [-0.4, -0.2) is 102 Å². The number of ether oxygens (including phenoxy) is 1. The number of imidazole rings is 2. The molecule has 2 aliphatic heterocycles. The lowest BCUT2D eigenvalue weighted by molar-refractivity contribution is -0.140. The molecule has 4 aliphatic rings. The number of alkyl carbamates (subject to hydrolysis) is 1. The Balaban J connectivity index is 0.886. The zero-order chi connectivity index (χ0) is 43.3. The van der Waals surface area contributed by atoms with Gasteiger partial charge in [-0.25, -0.2) is 19.6 Å². The number of nitrogens with zero attached hydrogens (tertiary/aromatic N) is 5. The molecule has 2 aromatic heterocycles. The van der Waals surface area contributed by atoms with Gasteiger partial charge in [-0.2, -0.15) is 0 Å². The van der Waals surface area contributed by atoms with Gasteiger partial charge in [-0.05, 0) is 96.5 Å². The average Bonchev–Trinajstić information content (AvgIpc) is 3.90. The van der Waals surface area contributed by atoms with Crippen LogP contribution in [-0.2, 0) is 14.3 Å². The molecule has 4 aromatic carbocycles. The minimum absolute atomic E-state index is 0.106. The number of carbonyl (C=O) groups excluding carboxylic acids is 3. The van der Waals surface area contributed by atoms with Crippen LogP contribution in [0.5, 0.6) is 0 Å². The SMILES string of the molecule is COC(=O)N[C@H](C(=O)N1C2CC2C[C@H]1c1nc2c(ccc3cc(C#Cc4ccc5c(ccc6[nH]c([C@@H]7C[C@H]8C[C@H]8N7C(=O)[C@H](C(C)C)N(C)C(=O)O)nc65)c4)ccc32)[nH]1)C(C)C. The fourth-order valence-electron chi connectivity index (χ4n) is 10.3. The van der Waals surface area contributed by atoms with Crippen LogP contribution in [0.3, 0.4) is 0 Å². The summed E-state index contributed by atoms with van der Waals surface area (Å²) < 4.78 is 4.82. The van der Waals surface area contributed by atoms with E-state index in [1.54, 1.807) is 0 Å². The number of likely N-dealkylation sites (N-methyl/N-ethyl adjacent to an activating group) is 1. The highest BCUT2D eigenvalue weighted by molar-refractivity contribution is 6.06. The van der Waals surface area contributed by atoms with Crippen molar-refractivity contribution in [3.63, 3.8) is 0 Å². The molecule has 4 heterocycles. The number of hydrogen-bond acceptors (Lipinski definition) is 7. The Hall–Kier alpha value is -6.62. The molecule has 10 rings (SSSR count). The van der Waals surface area contributed by atoms with Crippen molar-refractivity contribution in [3.05, 3.63) is 83.4 Å². The van der Waals surface area contributed by atoms with E-state index in [0.29, 0.717) is 11.8 Å². The van der Waals surface area contributed by atoms with E-state index in [1.165, 1.54) is 14.2 Å². The van der Waals surface area contributed by atoms with Crippen molar-refractivity contribution in [2.45, 2.75) is 89.6 Å². The highest BCUT2D eigenvalue weighted by Crippen LogP contribution is 2.55. The van der Waals surface area contributed by atoms with E-state index >= 15 is 0 Å². The number of carbonyl (C=O) groups is 4. The lowest BCUT2D eigenvalue weighted by Crippen LogP contribution is -2.52. The molecular formula is C48H50N8O6. The molecule has 6 aromatic rings. The summed E-state index contributed by atoms with van der Waals surface area (Å²) in [6.45, 7) is 7.61. The van der Waals surface area contributed by atoms with Gasteiger partial charge in [0.05, 0.1) is 41.3 Å². The first-order valence-corrected chi connectivity index (χ1v) is 21.6. The maximum absolute atomic E-state index is 14.0. The topological polar surface area (TPSA) is 177 Å². The minimum Gasteiger partial charge on any atom is -0.465 e. The van der Waals surface area contributed by atoms with E-state index < -0.39 is 24.3 Å². The maximum Gasteiger partial charge on any atom is 0.407 e. The summed E-state index contributed by atoms with van der Waals surface area (Å²) in [6, 6.07) is 18.8. The van der Waals surface area contributed by atoms with Crippen molar-refractivity contribution in [2.24, 2.45) is 23.7 Å². The van der Waals surface area contributed by atoms with Gasteiger partial charge >= 0.3 is 12.2 Å². The van der Waals surface area contributed by atoms with Gasteiger partial charge in [0.15, 0.2) is 0 Å². The summed E-state index contributed by atoms with van der Waals surface area (Å²) in [5.41, 5.74) is 5.19. The maximum atomic E-state index is 14.0. The first-order valence-electron chi connectivity index (χ1n) is 21.6. The van der Waals surface area contributed by atoms with Crippen molar-refractivity contribution in [2.75, 3.05) is 14.2 Å². The Morgan fingerprint density at radius 2 is 1.24 bits per heavy atom. The van der Waals surface area contributed by atoms with Gasteiger partial charge in [0.2, 0.25) is 11.8 Å². The van der Waals surface area contributed by atoms with Gasteiger partial charge in [-0.15, -0.1) is 0 Å². The molecule has 2 unspecified atom stereocenters. The van der Waals surface area contributed by atoms with Crippen LogP contribution in [0.2, 0.25) is 0 Å². The van der Waals surface area contributed by atoms with Gasteiger partial charge in [0, 0.05) is 41.0 Å². The number of piperidine rings is 2. The number of rotatable bonds is 8. The van der Waals surface area contributed by atoms with Crippen molar-refractivity contribution in [1.29, 1.82) is 0 Å². The summed E-state index contributed by atoms with van der Waals surface area (Å²) >= 11 is 0. The number of amides is 4. The quantitative estimate of drug-likeness (QED) is 0.114. The summed E-state index contributed by atoms with van der Waals surface area (Å²) in [4.78, 5) is 74.1. The molecular weight excluding hydrogens is 785 g/mol. The zero-order valence-corrected chi connectivity index (χ0v) is 35.6. The van der Waals surface area contributed by atoms with Crippen LogP contribution >= 0.6 is 0 Å². The molecule has 14 heteroatoms. The molecule has 318 valence electrons. The monoisotopic (exact) mass is 834 g/mol. The predicted molar refractivity (Wildman–Crippen MR) is 234 cm³/mol. The van der Waals surface area contributed by atoms with Gasteiger partial charge in [0.25, 0.3) is 0 Å². The Labute approximate surface area is 358 Å². The number of methoxy groups -OCH3 is 1. The smallest absolute Gasteiger partial charge is 0.407 e. The Kier molecular flexibility index (Phi) is 9.42. The summed E-state index contributed by atoms with van der Waals surface area (Å²) in [6.07, 6.45) is 1.81. The molecule has 0 bridgehead atoms. The van der Waals surface area contributed by atoms with Gasteiger partial charge in [0.1, 0.15) is 23.7 Å². The second kappa shape index (κ2) is 14.8. The zero-order valence-electron chi connectivity index (χ0n) is 35.6. The third kappa shape index (κ3) is 6.65. The number of aromatic amines is 2. The number of fused-ring (bicyclic) bond motifs is 8. The van der Waals surface area contributed by atoms with Crippen molar-refractivity contribution >= 4 is 67.6 Å². The molecule has 4 fully saturated rings. The summed E-state index contributed by atoms with van der Waals surface area (Å²) in [7, 11) is 2.77. The lowest BCUT2D eigenvalue weighted by Gasteiger charge is -2.35. The minimum atomic E-state index is -1.11. The van der Waals surface area contributed by atoms with Crippen LogP contribution < -0.4 is 5.32 Å². The largest absolute Gasteiger partial charge is 0.465 e. The molecule has 0 spiro atoms. The molecule has 4 N–H and O–H groups in total. The van der Waals surface area contributed by atoms with Crippen LogP contribution in [0.25, 0.3) is 43.6 Å². The first kappa shape index (κ1) is 39.5. The van der Waals surface area contributed by atoms with Crippen LogP contribution in [0, 0.1) is 35.5 Å². The number of aromatic nitrogens is 4. The fourth-order valence-corrected chi connectivity index (χ4v) is 10.3. The Bertz CT molecular complexity index is 2910. The number of likely N-dealkylation sites (tertiary alicyclic amines) is 2. The molecule has 2 aliphatic carbocycles. The van der Waals surface area contributed by atoms with E-state index in [-0.39, 0.29) is 47.8 Å². The molecule has 4 amide bonds. The standard InChI is InChI=1S/C48H50N8O6/c1-23(2)39(53-47(59)62-6)45(57)55-35-19-29(35)21-37(55)43-49-33-15-11-27-17-25(9-13-31(27)40(33)51-43)7-8-26-10-14-32-28(18-26)12-16-34-41(32)52-44(50-34)38-22-30-20-36(30)56(38)46(58)42(24(3)4)54(5)48(60)61/h9-18,23-24,29-30,35-39,42H,19-22H2,1-6H3,(H,49,51)(H,50,52)(H,53,59)(H,60,61)/t29?,30-,35?,36-,37+,38+,39+,42+/m1/s1. The molecule has 62 heavy (non-hydrogen) atoms. The highest BCUT2D eigenvalue weighted by Gasteiger charge is 2.57. The molecule has 2 saturated heterocycles. The average molecular weight is 835 g/mol. The number of nitrogens with one attached hydrogen (secondary N) is 3. The van der Waals surface area contributed by atoms with Gasteiger partial charge in [-0.3, -0.25) is 14.5 Å². The van der Waals surface area contributed by atoms with Crippen LogP contribution in [0.4, 0.5) is 9.59 Å². The van der Waals surface area contributed by atoms with Crippen molar-refractivity contribution in [3.8, 4) is 11.8 Å². The summed E-state index contributed by atoms with van der Waals surface area (Å²) in [5.74, 6) is 8.47. The highest BCUT2D eigenvalue weighted by atomic mass is 16.5. The number of carboxylic acid groups (broad SMARTS) is 1. The molecule has 0 radical (unpaired) electrons. The van der Waals surface area contributed by atoms with E-state index in [1.807, 2.05) is 67.8 Å². The van der Waals surface area contributed by atoms with E-state index in [2.05, 4.69) is 57.5 Å². The Morgan fingerprint density at radius 1 is 0.742 bits per heavy atom. The Morgan fingerprint density at radius 3 is 1.69 bits per heavy atom. The lowest BCUT2D eigenvalue weighted by atomic mass is 10.0. The van der Waals surface area contributed by atoms with Crippen LogP contribution in [0.15, 0.2) is 60.7 Å². The summed E-state index contributed by atoms with van der Waals surface area (Å²) in [5, 5.41) is 16.5. The number of H-pyrrole nitrogens is 2. The van der Waals surface area contributed by atoms with Crippen molar-refractivity contribution < 1.29 is 29.0 Å². The number of benzene rings is 4. The second-order valence-electron chi connectivity index (χ2n) is 18.3. The predicted octanol–water partition coefficient (Wildman–Crippen LogP) is 7.48. The van der Waals surface area contributed by atoms with Crippen molar-refractivity contribution in [1.82, 2.24) is 40.0 Å². The van der Waals surface area contributed by atoms with E-state index in [0.717, 1.165) is 97.0 Å². The van der Waals surface area contributed by atoms with Gasteiger partial charge < -0.3 is 34.9 Å². The third-order valence-corrected chi connectivity index (χ3v) is 13.7. The fraction of sp³-hybridized carbons (Fsp3) is 0.417. The second-order valence-corrected chi connectivity index (χ2v) is 18.3. The van der Waals surface area contributed by atoms with Gasteiger partial charge in [-0.1, -0.05) is 63.8 Å². The third-order valence-electron chi connectivity index (χ3n) is 13.7. The molecule has 8 atom stereocenters. The normalized spacial score (nSPS) is 23.4. The van der Waals surface area contributed by atoms with E-state index in [4.69, 9.17) is 14.7 Å². The van der Waals surface area contributed by atoms with Crippen LogP contribution in [0.1, 0.15) is 88.2 Å². The van der Waals surface area contributed by atoms with E-state index in [9.17, 15) is 24.3 Å².